The van der Waals surface area contributed by atoms with Crippen molar-refractivity contribution in [2.24, 2.45) is 61.8 Å². The van der Waals surface area contributed by atoms with Gasteiger partial charge in [0.25, 0.3) is 0 Å². The molecule has 33 heavy (non-hydrogen) atoms. The summed E-state index contributed by atoms with van der Waals surface area (Å²) in [4.78, 5) is 12.7. The van der Waals surface area contributed by atoms with E-state index in [1.54, 1.807) is 0 Å². The summed E-state index contributed by atoms with van der Waals surface area (Å²) in [6.07, 6.45) is 9.25. The van der Waals surface area contributed by atoms with E-state index in [2.05, 4.69) is 53.3 Å². The lowest BCUT2D eigenvalue weighted by atomic mass is 9.34. The maximum atomic E-state index is 12.7. The van der Waals surface area contributed by atoms with E-state index < -0.39 is 11.4 Å². The van der Waals surface area contributed by atoms with E-state index in [9.17, 15) is 15.1 Å². The van der Waals surface area contributed by atoms with Gasteiger partial charge in [0, 0.05) is 5.41 Å². The fourth-order valence-electron chi connectivity index (χ4n) is 11.3. The molecule has 0 saturated heterocycles. The van der Waals surface area contributed by atoms with Gasteiger partial charge in [0.1, 0.15) is 0 Å². The molecule has 4 heteroatoms. The summed E-state index contributed by atoms with van der Waals surface area (Å²) in [6, 6.07) is 0. The molecule has 0 aromatic heterocycles. The van der Waals surface area contributed by atoms with Crippen LogP contribution in [0.5, 0.6) is 0 Å². The van der Waals surface area contributed by atoms with Crippen molar-refractivity contribution in [2.45, 2.75) is 99.3 Å². The van der Waals surface area contributed by atoms with E-state index in [1.807, 2.05) is 0 Å². The highest BCUT2D eigenvalue weighted by Gasteiger charge is 2.72. The summed E-state index contributed by atoms with van der Waals surface area (Å²) in [5.41, 5.74) is 2.06. The van der Waals surface area contributed by atoms with E-state index >= 15 is 0 Å². The molecule has 5 saturated carbocycles. The third-order valence-electron chi connectivity index (χ3n) is 13.0. The number of rotatable bonds is 2. The van der Waals surface area contributed by atoms with Crippen LogP contribution in [0.2, 0.25) is 0 Å². The number of aliphatic carboxylic acids is 1. The van der Waals surface area contributed by atoms with Gasteiger partial charge in [0.05, 0.1) is 11.1 Å². The first-order valence-electron chi connectivity index (χ1n) is 13.4. The van der Waals surface area contributed by atoms with Crippen LogP contribution in [0, 0.1) is 56.7 Å². The highest BCUT2D eigenvalue weighted by atomic mass is 16.4. The van der Waals surface area contributed by atoms with Crippen LogP contribution in [-0.2, 0) is 4.79 Å². The Kier molecular flexibility index (Phi) is 4.88. The quantitative estimate of drug-likeness (QED) is 0.263. The monoisotopic (exact) mass is 455 g/mol. The molecule has 2 N–H and O–H groups in total. The van der Waals surface area contributed by atoms with Crippen molar-refractivity contribution in [3.63, 3.8) is 0 Å². The molecule has 0 radical (unpaired) electrons. The van der Waals surface area contributed by atoms with Crippen LogP contribution in [0.15, 0.2) is 17.3 Å². The summed E-state index contributed by atoms with van der Waals surface area (Å²) >= 11 is 0. The predicted octanol–water partition coefficient (Wildman–Crippen LogP) is 7.17. The van der Waals surface area contributed by atoms with Gasteiger partial charge in [-0.15, -0.1) is 0 Å². The summed E-state index contributed by atoms with van der Waals surface area (Å²) in [7, 11) is 0. The van der Waals surface area contributed by atoms with Gasteiger partial charge in [-0.05, 0) is 111 Å². The van der Waals surface area contributed by atoms with Gasteiger partial charge in [0.2, 0.25) is 0 Å². The minimum Gasteiger partial charge on any atom is -0.481 e. The van der Waals surface area contributed by atoms with Crippen molar-refractivity contribution in [3.05, 3.63) is 12.2 Å². The average Bonchev–Trinajstić information content (AvgIpc) is 3.22. The summed E-state index contributed by atoms with van der Waals surface area (Å²) in [6.45, 7) is 18.6. The molecule has 0 aromatic carbocycles. The van der Waals surface area contributed by atoms with Crippen LogP contribution < -0.4 is 0 Å². The second-order valence-corrected chi connectivity index (χ2v) is 14.1. The third-order valence-corrected chi connectivity index (χ3v) is 13.0. The molecule has 184 valence electrons. The van der Waals surface area contributed by atoms with Gasteiger partial charge in [-0.25, -0.2) is 0 Å². The number of allylic oxidation sites excluding steroid dienone is 1. The second kappa shape index (κ2) is 6.88. The maximum absolute atomic E-state index is 12.7. The number of carboxylic acids is 1. The third kappa shape index (κ3) is 2.59. The zero-order chi connectivity index (χ0) is 24.2. The number of nitrogens with zero attached hydrogens (tertiary/aromatic N) is 1. The van der Waals surface area contributed by atoms with Gasteiger partial charge in [-0.2, -0.15) is 0 Å². The molecule has 0 heterocycles. The Labute approximate surface area is 200 Å². The predicted molar refractivity (Wildman–Crippen MR) is 131 cm³/mol. The van der Waals surface area contributed by atoms with Crippen molar-refractivity contribution in [1.82, 2.24) is 0 Å². The standard InChI is InChI=1S/C29H45NO3/c1-17(2)18-10-13-29(24(31)32)15-14-27(6)19(23(18)29)8-9-21-26(5)16-22(30-33)25(3,4)20(26)11-12-28(21,27)7/h18-21,23,33H,1,8-16H2,2-7H3,(H,31,32)/b30-22+/t18-,19+,20-,21+,23+,26-,27+,28+,29-/m0/s1. The Bertz CT molecular complexity index is 922. The van der Waals surface area contributed by atoms with E-state index in [-0.39, 0.29) is 27.6 Å². The Balaban J connectivity index is 1.58. The number of hydrogen-bond acceptors (Lipinski definition) is 3. The molecule has 0 amide bonds. The Hall–Kier alpha value is -1.32. The van der Waals surface area contributed by atoms with Crippen LogP contribution in [0.4, 0.5) is 0 Å². The van der Waals surface area contributed by atoms with Crippen LogP contribution >= 0.6 is 0 Å². The van der Waals surface area contributed by atoms with Crippen molar-refractivity contribution in [3.8, 4) is 0 Å². The first-order chi connectivity index (χ1) is 15.3. The smallest absolute Gasteiger partial charge is 0.309 e. The van der Waals surface area contributed by atoms with Crippen molar-refractivity contribution in [2.75, 3.05) is 0 Å². The van der Waals surface area contributed by atoms with Crippen molar-refractivity contribution >= 4 is 11.7 Å². The van der Waals surface area contributed by atoms with E-state index in [1.165, 1.54) is 24.8 Å². The van der Waals surface area contributed by atoms with E-state index in [0.717, 1.165) is 44.2 Å². The van der Waals surface area contributed by atoms with Gasteiger partial charge in [-0.3, -0.25) is 4.79 Å². The van der Waals surface area contributed by atoms with Crippen LogP contribution in [0.25, 0.3) is 0 Å². The maximum Gasteiger partial charge on any atom is 0.309 e. The van der Waals surface area contributed by atoms with Crippen LogP contribution in [0.1, 0.15) is 99.3 Å². The molecule has 0 bridgehead atoms. The number of fused-ring (bicyclic) bond motifs is 7. The molecule has 5 rings (SSSR count). The SMILES string of the molecule is C=C(C)[C@@H]1CC[C@]2(C(=O)O)CC[C@]3(C)[C@H](CC[C@@H]4[C@@]5(C)C/C(=N\O)C(C)(C)[C@@H]5CC[C@]43C)[C@@H]12. The topological polar surface area (TPSA) is 69.9 Å². The molecule has 9 atom stereocenters. The van der Waals surface area contributed by atoms with Crippen molar-refractivity contribution in [1.29, 1.82) is 0 Å². The van der Waals surface area contributed by atoms with E-state index in [0.29, 0.717) is 23.7 Å². The molecular formula is C29H45NO3. The molecule has 5 aliphatic rings. The molecule has 0 aliphatic heterocycles. The van der Waals surface area contributed by atoms with Gasteiger partial charge in [0.15, 0.2) is 0 Å². The number of carbonyl (C=O) groups is 1. The minimum absolute atomic E-state index is 0.0515. The molecule has 0 unspecified atom stereocenters. The van der Waals surface area contributed by atoms with Crippen molar-refractivity contribution < 1.29 is 15.1 Å². The molecule has 0 spiro atoms. The van der Waals surface area contributed by atoms with Crippen LogP contribution in [-0.4, -0.2) is 22.0 Å². The summed E-state index contributed by atoms with van der Waals surface area (Å²) in [5, 5.41) is 24.1. The first kappa shape index (κ1) is 23.4. The van der Waals surface area contributed by atoms with Gasteiger partial charge in [-0.1, -0.05) is 51.9 Å². The minimum atomic E-state index is -0.553. The molecule has 0 aromatic rings. The van der Waals surface area contributed by atoms with Crippen LogP contribution in [0.3, 0.4) is 0 Å². The zero-order valence-electron chi connectivity index (χ0n) is 21.7. The largest absolute Gasteiger partial charge is 0.481 e. The molecule has 5 fully saturated rings. The summed E-state index contributed by atoms with van der Waals surface area (Å²) in [5.74, 6) is 1.60. The second-order valence-electron chi connectivity index (χ2n) is 14.1. The fourth-order valence-corrected chi connectivity index (χ4v) is 11.3. The van der Waals surface area contributed by atoms with Gasteiger partial charge >= 0.3 is 5.97 Å². The summed E-state index contributed by atoms with van der Waals surface area (Å²) < 4.78 is 0. The normalized spacial score (nSPS) is 53.6. The number of carboxylic acid groups (broad SMARTS) is 1. The molecule has 4 nitrogen and oxygen atoms in total. The fraction of sp³-hybridized carbons (Fsp3) is 0.862. The highest BCUT2D eigenvalue weighted by Crippen LogP contribution is 2.77. The Morgan fingerprint density at radius 1 is 0.939 bits per heavy atom. The molecule has 5 aliphatic carbocycles. The first-order valence-corrected chi connectivity index (χ1v) is 13.4. The lowest BCUT2D eigenvalue weighted by Crippen LogP contribution is -2.64. The lowest BCUT2D eigenvalue weighted by molar-refractivity contribution is -0.221. The highest BCUT2D eigenvalue weighted by molar-refractivity contribution is 5.92. The molecular weight excluding hydrogens is 410 g/mol. The number of oxime groups is 1. The van der Waals surface area contributed by atoms with Gasteiger partial charge < -0.3 is 10.3 Å². The number of hydrogen-bond donors (Lipinski definition) is 2. The average molecular weight is 456 g/mol. The lowest BCUT2D eigenvalue weighted by Gasteiger charge is -2.70. The Morgan fingerprint density at radius 3 is 2.24 bits per heavy atom. The van der Waals surface area contributed by atoms with E-state index in [4.69, 9.17) is 0 Å². The zero-order valence-corrected chi connectivity index (χ0v) is 21.7. The Morgan fingerprint density at radius 2 is 1.64 bits per heavy atom.